The number of aliphatic hydroxyl groups is 1. The van der Waals surface area contributed by atoms with Crippen molar-refractivity contribution in [2.24, 2.45) is 14.1 Å². The van der Waals surface area contributed by atoms with Crippen molar-refractivity contribution in [2.75, 3.05) is 13.2 Å². The summed E-state index contributed by atoms with van der Waals surface area (Å²) in [5.41, 5.74) is 0.176. The summed E-state index contributed by atoms with van der Waals surface area (Å²) >= 11 is 0. The lowest BCUT2D eigenvalue weighted by molar-refractivity contribution is 0.131. The van der Waals surface area contributed by atoms with Gasteiger partial charge in [-0.15, -0.1) is 0 Å². The van der Waals surface area contributed by atoms with Crippen molar-refractivity contribution in [2.45, 2.75) is 58.2 Å². The minimum atomic E-state index is -0.370. The summed E-state index contributed by atoms with van der Waals surface area (Å²) in [6.07, 6.45) is 5.25. The maximum absolute atomic E-state index is 12.7. The Kier molecular flexibility index (Phi) is 5.62. The van der Waals surface area contributed by atoms with Gasteiger partial charge in [-0.2, -0.15) is 0 Å². The molecule has 1 N–H and O–H groups in total. The second-order valence-electron chi connectivity index (χ2n) is 7.16. The third kappa shape index (κ3) is 3.23. The zero-order chi connectivity index (χ0) is 18.8. The molecule has 8 nitrogen and oxygen atoms in total. The van der Waals surface area contributed by atoms with Gasteiger partial charge in [0.15, 0.2) is 11.2 Å². The van der Waals surface area contributed by atoms with Crippen molar-refractivity contribution in [3.8, 4) is 0 Å². The molecule has 144 valence electrons. The number of likely N-dealkylation sites (tertiary alicyclic amines) is 1. The molecule has 2 aromatic heterocycles. The fourth-order valence-corrected chi connectivity index (χ4v) is 3.99. The van der Waals surface area contributed by atoms with Gasteiger partial charge in [0.1, 0.15) is 5.82 Å². The van der Waals surface area contributed by atoms with Crippen LogP contribution in [0.1, 0.15) is 44.9 Å². The molecular weight excluding hydrogens is 334 g/mol. The van der Waals surface area contributed by atoms with Gasteiger partial charge in [-0.1, -0.05) is 13.3 Å². The standard InChI is InChI=1S/C18H29N5O3/c1-4-13-8-5-6-9-22(13)12-14-19-16-15(23(14)10-7-11-24)17(25)21(3)18(26)20(16)2/h13,24H,4-12H2,1-3H3. The molecule has 26 heavy (non-hydrogen) atoms. The van der Waals surface area contributed by atoms with Gasteiger partial charge in [0.25, 0.3) is 5.56 Å². The van der Waals surface area contributed by atoms with E-state index >= 15 is 0 Å². The average Bonchev–Trinajstić information content (AvgIpc) is 3.01. The number of piperidine rings is 1. The molecule has 0 bridgehead atoms. The number of aliphatic hydroxyl groups excluding tert-OH is 1. The van der Waals surface area contributed by atoms with Gasteiger partial charge in [0.05, 0.1) is 6.54 Å². The topological polar surface area (TPSA) is 85.3 Å². The van der Waals surface area contributed by atoms with Crippen molar-refractivity contribution < 1.29 is 5.11 Å². The molecule has 2 aromatic rings. The second kappa shape index (κ2) is 7.75. The van der Waals surface area contributed by atoms with Crippen LogP contribution < -0.4 is 11.2 Å². The maximum atomic E-state index is 12.7. The number of fused-ring (bicyclic) bond motifs is 1. The summed E-state index contributed by atoms with van der Waals surface area (Å²) < 4.78 is 4.46. The molecular formula is C18H29N5O3. The molecule has 1 aliphatic heterocycles. The molecule has 8 heteroatoms. The first-order valence-corrected chi connectivity index (χ1v) is 9.49. The van der Waals surface area contributed by atoms with E-state index in [0.29, 0.717) is 36.7 Å². The van der Waals surface area contributed by atoms with Gasteiger partial charge >= 0.3 is 5.69 Å². The van der Waals surface area contributed by atoms with Crippen molar-refractivity contribution in [1.29, 1.82) is 0 Å². The molecule has 1 atom stereocenters. The number of imidazole rings is 1. The lowest BCUT2D eigenvalue weighted by Gasteiger charge is -2.34. The number of hydrogen-bond donors (Lipinski definition) is 1. The molecule has 3 heterocycles. The molecule has 1 saturated heterocycles. The minimum Gasteiger partial charge on any atom is -0.396 e. The molecule has 0 amide bonds. The molecule has 0 aliphatic carbocycles. The summed E-state index contributed by atoms with van der Waals surface area (Å²) in [7, 11) is 3.14. The first-order valence-electron chi connectivity index (χ1n) is 9.49. The Morgan fingerprint density at radius 3 is 2.65 bits per heavy atom. The highest BCUT2D eigenvalue weighted by Crippen LogP contribution is 2.22. The van der Waals surface area contributed by atoms with Gasteiger partial charge in [-0.05, 0) is 32.2 Å². The third-order valence-electron chi connectivity index (χ3n) is 5.53. The zero-order valence-corrected chi connectivity index (χ0v) is 15.9. The van der Waals surface area contributed by atoms with Crippen molar-refractivity contribution in [3.05, 3.63) is 26.7 Å². The second-order valence-corrected chi connectivity index (χ2v) is 7.16. The van der Waals surface area contributed by atoms with E-state index in [1.807, 2.05) is 4.57 Å². The van der Waals surface area contributed by atoms with Crippen LogP contribution in [-0.2, 0) is 27.2 Å². The first-order chi connectivity index (χ1) is 12.5. The van der Waals surface area contributed by atoms with Crippen molar-refractivity contribution in [3.63, 3.8) is 0 Å². The Hall–Kier alpha value is -1.93. The number of aryl methyl sites for hydroxylation is 2. The van der Waals surface area contributed by atoms with Crippen LogP contribution in [0.25, 0.3) is 11.2 Å². The summed E-state index contributed by atoms with van der Waals surface area (Å²) in [6, 6.07) is 0.529. The van der Waals surface area contributed by atoms with Gasteiger partial charge in [0.2, 0.25) is 0 Å². The molecule has 3 rings (SSSR count). The van der Waals surface area contributed by atoms with Gasteiger partial charge in [-0.3, -0.25) is 18.8 Å². The molecule has 1 unspecified atom stereocenters. The number of rotatable bonds is 6. The van der Waals surface area contributed by atoms with E-state index in [4.69, 9.17) is 0 Å². The zero-order valence-electron chi connectivity index (χ0n) is 15.9. The van der Waals surface area contributed by atoms with E-state index in [9.17, 15) is 14.7 Å². The first kappa shape index (κ1) is 18.8. The fraction of sp³-hybridized carbons (Fsp3) is 0.722. The maximum Gasteiger partial charge on any atom is 0.332 e. The number of hydrogen-bond acceptors (Lipinski definition) is 5. The van der Waals surface area contributed by atoms with Crippen LogP contribution in [0.4, 0.5) is 0 Å². The summed E-state index contributed by atoms with van der Waals surface area (Å²) in [6.45, 7) is 4.46. The van der Waals surface area contributed by atoms with Gasteiger partial charge in [-0.25, -0.2) is 9.78 Å². The average molecular weight is 363 g/mol. The van der Waals surface area contributed by atoms with Crippen LogP contribution in [0, 0.1) is 0 Å². The van der Waals surface area contributed by atoms with Crippen LogP contribution in [-0.4, -0.2) is 47.9 Å². The van der Waals surface area contributed by atoms with Gasteiger partial charge in [0, 0.05) is 33.3 Å². The summed E-state index contributed by atoms with van der Waals surface area (Å²) in [5, 5.41) is 9.27. The van der Waals surface area contributed by atoms with Crippen LogP contribution in [0.3, 0.4) is 0 Å². The van der Waals surface area contributed by atoms with E-state index in [0.717, 1.165) is 23.4 Å². The predicted molar refractivity (Wildman–Crippen MR) is 100 cm³/mol. The molecule has 1 fully saturated rings. The summed E-state index contributed by atoms with van der Waals surface area (Å²) in [5.74, 6) is 0.798. The molecule has 0 saturated carbocycles. The van der Waals surface area contributed by atoms with Crippen molar-refractivity contribution >= 4 is 11.2 Å². The normalized spacial score (nSPS) is 18.7. The van der Waals surface area contributed by atoms with E-state index in [1.54, 1.807) is 7.05 Å². The molecule has 1 aliphatic rings. The summed E-state index contributed by atoms with van der Waals surface area (Å²) in [4.78, 5) is 32.1. The van der Waals surface area contributed by atoms with E-state index in [1.165, 1.54) is 30.9 Å². The Morgan fingerprint density at radius 1 is 1.19 bits per heavy atom. The molecule has 0 aromatic carbocycles. The highest BCUT2D eigenvalue weighted by atomic mass is 16.3. The van der Waals surface area contributed by atoms with Crippen LogP contribution in [0.2, 0.25) is 0 Å². The predicted octanol–water partition coefficient (Wildman–Crippen LogP) is 0.581. The monoisotopic (exact) mass is 363 g/mol. The lowest BCUT2D eigenvalue weighted by Crippen LogP contribution is -2.39. The van der Waals surface area contributed by atoms with E-state index in [2.05, 4.69) is 16.8 Å². The highest BCUT2D eigenvalue weighted by Gasteiger charge is 2.25. The minimum absolute atomic E-state index is 0.0481. The number of nitrogens with zero attached hydrogens (tertiary/aromatic N) is 5. The van der Waals surface area contributed by atoms with Gasteiger partial charge < -0.3 is 9.67 Å². The SMILES string of the molecule is CCC1CCCCN1Cc1nc2c(c(=O)n(C)c(=O)n2C)n1CCCO. The van der Waals surface area contributed by atoms with Crippen LogP contribution in [0.15, 0.2) is 9.59 Å². The lowest BCUT2D eigenvalue weighted by atomic mass is 10.0. The third-order valence-corrected chi connectivity index (χ3v) is 5.53. The number of aromatic nitrogens is 4. The van der Waals surface area contributed by atoms with E-state index in [-0.39, 0.29) is 17.9 Å². The molecule has 0 radical (unpaired) electrons. The van der Waals surface area contributed by atoms with Crippen molar-refractivity contribution in [1.82, 2.24) is 23.6 Å². The van der Waals surface area contributed by atoms with E-state index < -0.39 is 0 Å². The van der Waals surface area contributed by atoms with Crippen LogP contribution >= 0.6 is 0 Å². The van der Waals surface area contributed by atoms with Crippen LogP contribution in [0.5, 0.6) is 0 Å². The fourth-order valence-electron chi connectivity index (χ4n) is 3.99. The quantitative estimate of drug-likeness (QED) is 0.811. The Balaban J connectivity index is 2.12. The Morgan fingerprint density at radius 2 is 1.96 bits per heavy atom. The largest absolute Gasteiger partial charge is 0.396 e. The Labute approximate surface area is 152 Å². The highest BCUT2D eigenvalue weighted by molar-refractivity contribution is 5.71. The Bertz CT molecular complexity index is 895. The smallest absolute Gasteiger partial charge is 0.332 e. The molecule has 0 spiro atoms.